The van der Waals surface area contributed by atoms with Gasteiger partial charge in [0, 0.05) is 18.7 Å². The summed E-state index contributed by atoms with van der Waals surface area (Å²) in [6.07, 6.45) is 1.48. The predicted octanol–water partition coefficient (Wildman–Crippen LogP) is 3.12. The molecule has 1 aromatic heterocycles. The molecule has 4 rings (SSSR count). The predicted molar refractivity (Wildman–Crippen MR) is 145 cm³/mol. The van der Waals surface area contributed by atoms with Crippen molar-refractivity contribution in [2.24, 2.45) is 0 Å². The van der Waals surface area contributed by atoms with Crippen LogP contribution in [0.2, 0.25) is 0 Å². The van der Waals surface area contributed by atoms with Gasteiger partial charge in [0.1, 0.15) is 18.1 Å². The Bertz CT molecular complexity index is 1290. The Morgan fingerprint density at radius 3 is 2.41 bits per heavy atom. The van der Waals surface area contributed by atoms with Crippen molar-refractivity contribution in [3.8, 4) is 17.2 Å². The van der Waals surface area contributed by atoms with Gasteiger partial charge < -0.3 is 29.2 Å². The average Bonchev–Trinajstić information content (AvgIpc) is 3.56. The van der Waals surface area contributed by atoms with Crippen LogP contribution in [0, 0.1) is 0 Å². The van der Waals surface area contributed by atoms with E-state index in [1.165, 1.54) is 21.3 Å². The molecule has 2 aromatic carbocycles. The van der Waals surface area contributed by atoms with E-state index in [0.29, 0.717) is 34.9 Å². The lowest BCUT2D eigenvalue weighted by Crippen LogP contribution is -2.51. The second kappa shape index (κ2) is 11.9. The molecule has 0 radical (unpaired) electrons. The number of benzene rings is 2. The normalized spacial score (nSPS) is 16.1. The first-order chi connectivity index (χ1) is 18.6. The first-order valence-electron chi connectivity index (χ1n) is 13.0. The van der Waals surface area contributed by atoms with E-state index in [1.54, 1.807) is 21.7 Å². The zero-order valence-corrected chi connectivity index (χ0v) is 23.4. The molecule has 1 N–H and O–H groups in total. The minimum absolute atomic E-state index is 0.100. The largest absolute Gasteiger partial charge is 0.493 e. The molecule has 1 fully saturated rings. The van der Waals surface area contributed by atoms with Crippen LogP contribution in [0.1, 0.15) is 45.2 Å². The number of amides is 2. The molecule has 2 atom stereocenters. The van der Waals surface area contributed by atoms with E-state index in [9.17, 15) is 9.59 Å². The quantitative estimate of drug-likeness (QED) is 0.418. The van der Waals surface area contributed by atoms with E-state index in [0.717, 1.165) is 18.4 Å². The Labute approximate surface area is 228 Å². The lowest BCUT2D eigenvalue weighted by Gasteiger charge is -2.35. The van der Waals surface area contributed by atoms with Gasteiger partial charge in [-0.05, 0) is 63.4 Å². The zero-order valence-electron chi connectivity index (χ0n) is 23.4. The number of nitrogens with zero attached hydrogens (tertiary/aromatic N) is 4. The van der Waals surface area contributed by atoms with Gasteiger partial charge in [-0.1, -0.05) is 17.3 Å². The second-order valence-corrected chi connectivity index (χ2v) is 10.5. The van der Waals surface area contributed by atoms with E-state index in [1.807, 2.05) is 45.0 Å². The number of fused-ring (bicyclic) bond motifs is 1. The molecule has 210 valence electrons. The molecule has 11 nitrogen and oxygen atoms in total. The highest BCUT2D eigenvalue weighted by atomic mass is 16.5. The van der Waals surface area contributed by atoms with Crippen LogP contribution in [-0.2, 0) is 20.9 Å². The average molecular weight is 540 g/mol. The molecule has 0 aliphatic carbocycles. The van der Waals surface area contributed by atoms with Gasteiger partial charge in [0.05, 0.1) is 33.0 Å². The number of carbonyl (C=O) groups excluding carboxylic acids is 2. The van der Waals surface area contributed by atoms with E-state index in [-0.39, 0.29) is 31.0 Å². The summed E-state index contributed by atoms with van der Waals surface area (Å²) in [4.78, 5) is 29.6. The number of para-hydroxylation sites is 1. The molecule has 1 saturated heterocycles. The summed E-state index contributed by atoms with van der Waals surface area (Å²) < 4.78 is 24.1. The highest BCUT2D eigenvalue weighted by Gasteiger charge is 2.37. The molecule has 2 amide bonds. The van der Waals surface area contributed by atoms with Crippen LogP contribution in [0.4, 0.5) is 0 Å². The molecule has 3 aromatic rings. The van der Waals surface area contributed by atoms with Gasteiger partial charge in [-0.2, -0.15) is 0 Å². The van der Waals surface area contributed by atoms with E-state index >= 15 is 0 Å². The van der Waals surface area contributed by atoms with Gasteiger partial charge in [0.15, 0.2) is 11.5 Å². The van der Waals surface area contributed by atoms with Gasteiger partial charge in [-0.15, -0.1) is 5.10 Å². The Balaban J connectivity index is 1.81. The Morgan fingerprint density at radius 1 is 1.13 bits per heavy atom. The number of carbonyl (C=O) groups is 2. The van der Waals surface area contributed by atoms with Crippen molar-refractivity contribution in [1.82, 2.24) is 25.2 Å². The van der Waals surface area contributed by atoms with Gasteiger partial charge in [-0.25, -0.2) is 4.68 Å². The van der Waals surface area contributed by atoms with Crippen LogP contribution in [0.3, 0.4) is 0 Å². The fourth-order valence-electron chi connectivity index (χ4n) is 4.78. The smallest absolute Gasteiger partial charge is 0.247 e. The summed E-state index contributed by atoms with van der Waals surface area (Å²) in [5, 5.41) is 11.4. The maximum absolute atomic E-state index is 14.1. The molecule has 0 bridgehead atoms. The Kier molecular flexibility index (Phi) is 8.59. The SMILES string of the molecule is COc1cc([C@@H](C(=O)NC(C)(C)C)N(C[C@@H]2CCCO2)C(=O)Cn2nnc3ccccc32)cc(OC)c1OC. The molecular weight excluding hydrogens is 502 g/mol. The third-order valence-electron chi connectivity index (χ3n) is 6.51. The Morgan fingerprint density at radius 2 is 1.82 bits per heavy atom. The fraction of sp³-hybridized carbons (Fsp3) is 0.500. The Hall–Kier alpha value is -3.86. The van der Waals surface area contributed by atoms with Crippen LogP contribution in [0.15, 0.2) is 36.4 Å². The topological polar surface area (TPSA) is 117 Å². The van der Waals surface area contributed by atoms with Crippen molar-refractivity contribution in [1.29, 1.82) is 0 Å². The van der Waals surface area contributed by atoms with Crippen molar-refractivity contribution >= 4 is 22.8 Å². The summed E-state index contributed by atoms with van der Waals surface area (Å²) in [6, 6.07) is 9.82. The standard InChI is InChI=1S/C28H37N5O6/c1-28(2,3)29-27(35)25(18-14-22(36-4)26(38-6)23(15-18)37-5)32(16-19-10-9-13-39-19)24(34)17-33-21-12-8-7-11-20(21)30-31-33/h7-8,11-12,14-15,19,25H,9-10,13,16-17H2,1-6H3,(H,29,35)/t19-,25-/m0/s1. The van der Waals surface area contributed by atoms with Crippen molar-refractivity contribution in [2.75, 3.05) is 34.5 Å². The molecule has 2 heterocycles. The minimum Gasteiger partial charge on any atom is -0.493 e. The molecule has 0 unspecified atom stereocenters. The number of ether oxygens (including phenoxy) is 4. The lowest BCUT2D eigenvalue weighted by atomic mass is 9.99. The summed E-state index contributed by atoms with van der Waals surface area (Å²) in [7, 11) is 4.53. The third kappa shape index (κ3) is 6.42. The van der Waals surface area contributed by atoms with Crippen molar-refractivity contribution in [2.45, 2.75) is 57.8 Å². The first kappa shape index (κ1) is 28.2. The number of rotatable bonds is 10. The van der Waals surface area contributed by atoms with Crippen molar-refractivity contribution in [3.63, 3.8) is 0 Å². The van der Waals surface area contributed by atoms with Gasteiger partial charge in [-0.3, -0.25) is 9.59 Å². The first-order valence-corrected chi connectivity index (χ1v) is 13.0. The summed E-state index contributed by atoms with van der Waals surface area (Å²) in [6.45, 7) is 6.42. The second-order valence-electron chi connectivity index (χ2n) is 10.5. The molecule has 1 aliphatic heterocycles. The lowest BCUT2D eigenvalue weighted by molar-refractivity contribution is -0.143. The maximum atomic E-state index is 14.1. The highest BCUT2D eigenvalue weighted by molar-refractivity contribution is 5.90. The number of hydrogen-bond acceptors (Lipinski definition) is 8. The summed E-state index contributed by atoms with van der Waals surface area (Å²) in [5.41, 5.74) is 1.38. The van der Waals surface area contributed by atoms with Crippen LogP contribution in [-0.4, -0.2) is 77.8 Å². The zero-order chi connectivity index (χ0) is 28.2. The van der Waals surface area contributed by atoms with Crippen LogP contribution < -0.4 is 19.5 Å². The molecule has 11 heteroatoms. The fourth-order valence-corrected chi connectivity index (χ4v) is 4.78. The van der Waals surface area contributed by atoms with Crippen LogP contribution in [0.5, 0.6) is 17.2 Å². The molecule has 1 aliphatic rings. The molecule has 0 spiro atoms. The van der Waals surface area contributed by atoms with Gasteiger partial charge in [0.2, 0.25) is 17.6 Å². The van der Waals surface area contributed by atoms with E-state index in [2.05, 4.69) is 15.6 Å². The van der Waals surface area contributed by atoms with E-state index < -0.39 is 11.6 Å². The maximum Gasteiger partial charge on any atom is 0.247 e. The molecule has 0 saturated carbocycles. The van der Waals surface area contributed by atoms with E-state index in [4.69, 9.17) is 18.9 Å². The number of methoxy groups -OCH3 is 3. The summed E-state index contributed by atoms with van der Waals surface area (Å²) in [5.74, 6) is 0.514. The number of nitrogens with one attached hydrogen (secondary N) is 1. The van der Waals surface area contributed by atoms with Gasteiger partial charge in [0.25, 0.3) is 0 Å². The monoisotopic (exact) mass is 539 g/mol. The highest BCUT2D eigenvalue weighted by Crippen LogP contribution is 2.41. The van der Waals surface area contributed by atoms with Crippen molar-refractivity contribution < 1.29 is 28.5 Å². The van der Waals surface area contributed by atoms with Gasteiger partial charge >= 0.3 is 0 Å². The summed E-state index contributed by atoms with van der Waals surface area (Å²) >= 11 is 0. The van der Waals surface area contributed by atoms with Crippen molar-refractivity contribution in [3.05, 3.63) is 42.0 Å². The molecule has 39 heavy (non-hydrogen) atoms. The minimum atomic E-state index is -1.01. The van der Waals surface area contributed by atoms with Crippen LogP contribution in [0.25, 0.3) is 11.0 Å². The van der Waals surface area contributed by atoms with Crippen LogP contribution >= 0.6 is 0 Å². The number of aromatic nitrogens is 3. The number of hydrogen-bond donors (Lipinski definition) is 1. The molecular formula is C28H37N5O6. The third-order valence-corrected chi connectivity index (χ3v) is 6.51.